The smallest absolute Gasteiger partial charge is 0.226 e. The molecule has 4 saturated carbocycles. The standard InChI is InChI=1S/C19H30N2O2/c1-18(2,3)21-11-15(7-16(21)22)20-17(23)19-8-12-4-13(9-19)6-14(5-12)10-19/h12-15H,4-11H2,1-3H3,(H,20,23). The summed E-state index contributed by atoms with van der Waals surface area (Å²) in [6.45, 7) is 6.86. The molecule has 0 radical (unpaired) electrons. The summed E-state index contributed by atoms with van der Waals surface area (Å²) in [7, 11) is 0. The van der Waals surface area contributed by atoms with Crippen LogP contribution in [0.15, 0.2) is 0 Å². The fraction of sp³-hybridized carbons (Fsp3) is 0.895. The van der Waals surface area contributed by atoms with Gasteiger partial charge >= 0.3 is 0 Å². The van der Waals surface area contributed by atoms with Crippen molar-refractivity contribution in [3.63, 3.8) is 0 Å². The van der Waals surface area contributed by atoms with Crippen LogP contribution >= 0.6 is 0 Å². The maximum atomic E-state index is 13.1. The first-order valence-corrected chi connectivity index (χ1v) is 9.37. The van der Waals surface area contributed by atoms with E-state index in [0.717, 1.165) is 37.0 Å². The monoisotopic (exact) mass is 318 g/mol. The van der Waals surface area contributed by atoms with Crippen molar-refractivity contribution in [3.8, 4) is 0 Å². The van der Waals surface area contributed by atoms with Crippen LogP contribution in [0.3, 0.4) is 0 Å². The Labute approximate surface area is 139 Å². The molecule has 23 heavy (non-hydrogen) atoms. The number of nitrogens with one attached hydrogen (secondary N) is 1. The fourth-order valence-electron chi connectivity index (χ4n) is 6.18. The molecule has 2 amide bonds. The SMILES string of the molecule is CC(C)(C)N1CC(NC(=O)C23CC4CC(CC(C4)C2)C3)CC1=O. The van der Waals surface area contributed by atoms with Gasteiger partial charge in [0.15, 0.2) is 0 Å². The molecule has 1 saturated heterocycles. The molecule has 1 atom stereocenters. The van der Waals surface area contributed by atoms with Gasteiger partial charge in [-0.15, -0.1) is 0 Å². The van der Waals surface area contributed by atoms with Crippen LogP contribution in [-0.4, -0.2) is 34.8 Å². The Balaban J connectivity index is 1.44. The first-order chi connectivity index (χ1) is 10.7. The van der Waals surface area contributed by atoms with Crippen molar-refractivity contribution in [2.75, 3.05) is 6.54 Å². The average Bonchev–Trinajstić information content (AvgIpc) is 2.78. The van der Waals surface area contributed by atoms with Crippen LogP contribution in [0.4, 0.5) is 0 Å². The minimum Gasteiger partial charge on any atom is -0.351 e. The second-order valence-electron chi connectivity index (χ2n) is 9.75. The number of nitrogens with zero attached hydrogens (tertiary/aromatic N) is 1. The van der Waals surface area contributed by atoms with Crippen molar-refractivity contribution in [2.24, 2.45) is 23.2 Å². The fourth-order valence-corrected chi connectivity index (χ4v) is 6.18. The molecule has 4 bridgehead atoms. The highest BCUT2D eigenvalue weighted by Crippen LogP contribution is 2.60. The summed E-state index contributed by atoms with van der Waals surface area (Å²) in [6, 6.07) is 0.00206. The highest BCUT2D eigenvalue weighted by atomic mass is 16.2. The average molecular weight is 318 g/mol. The van der Waals surface area contributed by atoms with Crippen LogP contribution in [0, 0.1) is 23.2 Å². The number of carbonyl (C=O) groups is 2. The van der Waals surface area contributed by atoms with Crippen LogP contribution in [-0.2, 0) is 9.59 Å². The Kier molecular flexibility index (Phi) is 3.34. The van der Waals surface area contributed by atoms with Gasteiger partial charge in [-0.3, -0.25) is 9.59 Å². The van der Waals surface area contributed by atoms with Crippen LogP contribution in [0.2, 0.25) is 0 Å². The molecule has 4 aliphatic carbocycles. The molecule has 1 heterocycles. The van der Waals surface area contributed by atoms with E-state index in [1.807, 2.05) is 4.90 Å². The second-order valence-corrected chi connectivity index (χ2v) is 9.75. The van der Waals surface area contributed by atoms with Crippen molar-refractivity contribution in [2.45, 2.75) is 77.3 Å². The number of amides is 2. The summed E-state index contributed by atoms with van der Waals surface area (Å²) in [5, 5.41) is 3.27. The van der Waals surface area contributed by atoms with E-state index in [1.165, 1.54) is 19.3 Å². The summed E-state index contributed by atoms with van der Waals surface area (Å²) in [5.41, 5.74) is -0.260. The van der Waals surface area contributed by atoms with Gasteiger partial charge in [-0.1, -0.05) is 0 Å². The third kappa shape index (κ3) is 2.58. The summed E-state index contributed by atoms with van der Waals surface area (Å²) < 4.78 is 0. The third-order valence-electron chi connectivity index (χ3n) is 6.79. The zero-order valence-electron chi connectivity index (χ0n) is 14.7. The van der Waals surface area contributed by atoms with Gasteiger partial charge < -0.3 is 10.2 Å². The van der Waals surface area contributed by atoms with Crippen LogP contribution in [0.25, 0.3) is 0 Å². The molecule has 1 aliphatic heterocycles. The van der Waals surface area contributed by atoms with Gasteiger partial charge in [0, 0.05) is 23.9 Å². The van der Waals surface area contributed by atoms with Crippen LogP contribution < -0.4 is 5.32 Å². The van der Waals surface area contributed by atoms with Gasteiger partial charge in [0.1, 0.15) is 0 Å². The lowest BCUT2D eigenvalue weighted by atomic mass is 9.49. The Bertz CT molecular complexity index is 499. The van der Waals surface area contributed by atoms with E-state index in [0.29, 0.717) is 13.0 Å². The molecule has 5 fully saturated rings. The molecule has 0 spiro atoms. The summed E-state index contributed by atoms with van der Waals surface area (Å²) in [4.78, 5) is 27.2. The minimum atomic E-state index is -0.156. The molecule has 128 valence electrons. The number of rotatable bonds is 2. The van der Waals surface area contributed by atoms with E-state index in [1.54, 1.807) is 0 Å². The maximum Gasteiger partial charge on any atom is 0.226 e. The molecule has 0 aromatic rings. The highest BCUT2D eigenvalue weighted by molar-refractivity contribution is 5.86. The molecular weight excluding hydrogens is 288 g/mol. The first kappa shape index (κ1) is 15.5. The van der Waals surface area contributed by atoms with Gasteiger partial charge in [-0.05, 0) is 77.0 Å². The third-order valence-corrected chi connectivity index (χ3v) is 6.79. The topological polar surface area (TPSA) is 49.4 Å². The quantitative estimate of drug-likeness (QED) is 0.851. The number of hydrogen-bond acceptors (Lipinski definition) is 2. The van der Waals surface area contributed by atoms with Crippen LogP contribution in [0.5, 0.6) is 0 Å². The molecule has 1 unspecified atom stereocenters. The molecule has 4 nitrogen and oxygen atoms in total. The van der Waals surface area contributed by atoms with E-state index in [4.69, 9.17) is 0 Å². The molecule has 0 aromatic carbocycles. The van der Waals surface area contributed by atoms with E-state index in [9.17, 15) is 9.59 Å². The number of hydrogen-bond donors (Lipinski definition) is 1. The zero-order chi connectivity index (χ0) is 16.4. The lowest BCUT2D eigenvalue weighted by molar-refractivity contribution is -0.147. The summed E-state index contributed by atoms with van der Waals surface area (Å²) in [6.07, 6.45) is 7.80. The summed E-state index contributed by atoms with van der Waals surface area (Å²) in [5.74, 6) is 2.77. The highest BCUT2D eigenvalue weighted by Gasteiger charge is 2.55. The van der Waals surface area contributed by atoms with Crippen molar-refractivity contribution in [1.29, 1.82) is 0 Å². The van der Waals surface area contributed by atoms with Gasteiger partial charge in [-0.25, -0.2) is 0 Å². The van der Waals surface area contributed by atoms with Gasteiger partial charge in [0.25, 0.3) is 0 Å². The van der Waals surface area contributed by atoms with Crippen LogP contribution in [0.1, 0.15) is 65.7 Å². The largest absolute Gasteiger partial charge is 0.351 e. The second kappa shape index (κ2) is 4.97. The first-order valence-electron chi connectivity index (χ1n) is 9.37. The number of carbonyl (C=O) groups excluding carboxylic acids is 2. The van der Waals surface area contributed by atoms with Gasteiger partial charge in [0.05, 0.1) is 6.04 Å². The molecule has 5 aliphatic rings. The Morgan fingerprint density at radius 2 is 1.61 bits per heavy atom. The van der Waals surface area contributed by atoms with Crippen molar-refractivity contribution >= 4 is 11.8 Å². The zero-order valence-corrected chi connectivity index (χ0v) is 14.7. The number of likely N-dealkylation sites (tertiary alicyclic amines) is 1. The summed E-state index contributed by atoms with van der Waals surface area (Å²) >= 11 is 0. The van der Waals surface area contributed by atoms with Gasteiger partial charge in [-0.2, -0.15) is 0 Å². The van der Waals surface area contributed by atoms with E-state index < -0.39 is 0 Å². The van der Waals surface area contributed by atoms with Crippen molar-refractivity contribution in [1.82, 2.24) is 10.2 Å². The Morgan fingerprint density at radius 3 is 2.04 bits per heavy atom. The lowest BCUT2D eigenvalue weighted by Gasteiger charge is -2.55. The molecular formula is C19H30N2O2. The minimum absolute atomic E-state index is 0.00206. The normalized spacial score (nSPS) is 42.4. The van der Waals surface area contributed by atoms with E-state index in [-0.39, 0.29) is 28.8 Å². The van der Waals surface area contributed by atoms with Crippen molar-refractivity contribution in [3.05, 3.63) is 0 Å². The van der Waals surface area contributed by atoms with E-state index in [2.05, 4.69) is 26.1 Å². The van der Waals surface area contributed by atoms with Crippen molar-refractivity contribution < 1.29 is 9.59 Å². The predicted octanol–water partition coefficient (Wildman–Crippen LogP) is 2.72. The Hall–Kier alpha value is -1.06. The Morgan fingerprint density at radius 1 is 1.09 bits per heavy atom. The van der Waals surface area contributed by atoms with E-state index >= 15 is 0 Å². The molecule has 0 aromatic heterocycles. The van der Waals surface area contributed by atoms with Gasteiger partial charge in [0.2, 0.25) is 11.8 Å². The predicted molar refractivity (Wildman–Crippen MR) is 88.6 cm³/mol. The molecule has 4 heteroatoms. The molecule has 1 N–H and O–H groups in total. The maximum absolute atomic E-state index is 13.1. The molecule has 5 rings (SSSR count). The lowest BCUT2D eigenvalue weighted by Crippen LogP contribution is -2.55.